The number of hydrogen-bond acceptors (Lipinski definition) is 5. The van der Waals surface area contributed by atoms with Crippen LogP contribution in [0.3, 0.4) is 0 Å². The van der Waals surface area contributed by atoms with Crippen molar-refractivity contribution in [2.45, 2.75) is 114 Å². The van der Waals surface area contributed by atoms with Crippen LogP contribution in [0.1, 0.15) is 48.4 Å². The fraction of sp³-hybridized carbons (Fsp3) is 0.533. The van der Waals surface area contributed by atoms with Gasteiger partial charge in [-0.25, -0.2) is 0 Å². The van der Waals surface area contributed by atoms with E-state index in [4.69, 9.17) is 8.85 Å². The predicted molar refractivity (Wildman–Crippen MR) is 178 cm³/mol. The van der Waals surface area contributed by atoms with E-state index in [0.29, 0.717) is 11.1 Å². The highest BCUT2D eigenvalue weighted by Crippen LogP contribution is 2.32. The molecule has 0 aliphatic rings. The van der Waals surface area contributed by atoms with Gasteiger partial charge in [-0.15, -0.1) is 0 Å². The van der Waals surface area contributed by atoms with Gasteiger partial charge in [-0.2, -0.15) is 0 Å². The third kappa shape index (κ3) is 8.47. The van der Waals surface area contributed by atoms with Crippen molar-refractivity contribution < 1.29 is 18.4 Å². The Kier molecular flexibility index (Phi) is 10.2. The molecule has 0 atom stereocenters. The Labute approximate surface area is 245 Å². The molecule has 0 aliphatic heterocycles. The maximum Gasteiger partial charge on any atom is 0.192 e. The number of Topliss-reactive ketones (excluding diaryl/α,β-unsaturated/α-hetero) is 2. The molecule has 39 heavy (non-hydrogen) atoms. The lowest BCUT2D eigenvalue weighted by Gasteiger charge is -2.41. The molecule has 0 radical (unpaired) electrons. The molecule has 0 spiro atoms. The van der Waals surface area contributed by atoms with E-state index in [0.717, 1.165) is 9.79 Å². The lowest BCUT2D eigenvalue weighted by molar-refractivity contribution is 0.0567. The molecule has 9 heteroatoms. The number of carbonyl (C=O) groups excluding carboxylic acids is 2. The molecule has 0 aliphatic carbocycles. The van der Waals surface area contributed by atoms with Crippen molar-refractivity contribution in [2.75, 3.05) is 0 Å². The van der Waals surface area contributed by atoms with Gasteiger partial charge < -0.3 is 8.85 Å². The highest BCUT2D eigenvalue weighted by atomic mass is 32.2. The fourth-order valence-electron chi connectivity index (χ4n) is 3.85. The highest BCUT2D eigenvalue weighted by molar-refractivity contribution is 7.99. The zero-order valence-electron chi connectivity index (χ0n) is 26.7. The van der Waals surface area contributed by atoms with E-state index in [9.17, 15) is 9.59 Å². The van der Waals surface area contributed by atoms with Gasteiger partial charge in [0.2, 0.25) is 0 Å². The molecular weight excluding hydrogens is 569 g/mol. The molecule has 0 saturated heterocycles. The van der Waals surface area contributed by atoms with Gasteiger partial charge in [-0.05, 0) is 78.1 Å². The number of rotatable bonds is 12. The van der Waals surface area contributed by atoms with E-state index in [-0.39, 0.29) is 11.6 Å². The molecule has 0 amide bonds. The minimum absolute atomic E-state index is 0.0194. The summed E-state index contributed by atoms with van der Waals surface area (Å²) in [7, 11) is -6.91. The van der Waals surface area contributed by atoms with Gasteiger partial charge in [0.25, 0.3) is 0 Å². The Morgan fingerprint density at radius 3 is 1.03 bits per heavy atom. The van der Waals surface area contributed by atoms with Gasteiger partial charge in [0.05, 0.1) is 15.2 Å². The second-order valence-corrected chi connectivity index (χ2v) is 47.4. The number of carbonyl (C=O) groups is 2. The minimum Gasteiger partial charge on any atom is -0.408 e. The number of benzene rings is 2. The van der Waals surface area contributed by atoms with Crippen molar-refractivity contribution in [1.82, 2.24) is 0 Å². The standard InChI is InChI=1S/C30H50O4SSi4/c1-29(2,33-38(11,12)36(5,6)7)27(31)23-15-19-25(20-16-23)35-26-21-17-24(18-22-26)28(32)30(3,4)34-39(13,14)37(8,9)10/h15-22H,1-14H3. The second kappa shape index (κ2) is 11.7. The molecule has 0 N–H and O–H groups in total. The van der Waals surface area contributed by atoms with E-state index < -0.39 is 42.1 Å². The van der Waals surface area contributed by atoms with Crippen LogP contribution in [0.15, 0.2) is 58.3 Å². The lowest BCUT2D eigenvalue weighted by atomic mass is 9.97. The monoisotopic (exact) mass is 618 g/mol. The predicted octanol–water partition coefficient (Wildman–Crippen LogP) is 9.04. The number of hydrogen-bond donors (Lipinski definition) is 0. The van der Waals surface area contributed by atoms with Crippen LogP contribution >= 0.6 is 11.8 Å². The molecular formula is C30H50O4SSi4. The fourth-order valence-corrected chi connectivity index (χ4v) is 11.4. The molecule has 0 unspecified atom stereocenters. The number of ketones is 2. The first-order valence-corrected chi connectivity index (χ1v) is 29.4. The third-order valence-electron chi connectivity index (χ3n) is 8.20. The first-order chi connectivity index (χ1) is 17.4. The summed E-state index contributed by atoms with van der Waals surface area (Å²) < 4.78 is 13.1. The molecule has 0 aromatic heterocycles. The zero-order chi connectivity index (χ0) is 30.2. The Balaban J connectivity index is 2.12. The summed E-state index contributed by atoms with van der Waals surface area (Å²) in [6.07, 6.45) is 0. The minimum atomic E-state index is -1.96. The van der Waals surface area contributed by atoms with Crippen LogP contribution in [-0.2, 0) is 8.85 Å². The Hall–Kier alpha value is -1.08. The van der Waals surface area contributed by atoms with Crippen LogP contribution in [0.4, 0.5) is 0 Å². The average molecular weight is 619 g/mol. The summed E-state index contributed by atoms with van der Waals surface area (Å²) in [5, 5.41) is 0. The van der Waals surface area contributed by atoms with E-state index in [1.165, 1.54) is 0 Å². The van der Waals surface area contributed by atoms with Gasteiger partial charge in [-0.1, -0.05) is 75.3 Å². The Morgan fingerprint density at radius 1 is 0.538 bits per heavy atom. The largest absolute Gasteiger partial charge is 0.408 e. The van der Waals surface area contributed by atoms with Crippen molar-refractivity contribution in [1.29, 1.82) is 0 Å². The normalized spacial score (nSPS) is 13.9. The maximum atomic E-state index is 13.3. The summed E-state index contributed by atoms with van der Waals surface area (Å²) in [5.41, 5.74) is -0.371. The van der Waals surface area contributed by atoms with E-state index >= 15 is 0 Å². The average Bonchev–Trinajstić information content (AvgIpc) is 2.76. The highest BCUT2D eigenvalue weighted by Gasteiger charge is 2.46. The first-order valence-electron chi connectivity index (χ1n) is 13.8. The van der Waals surface area contributed by atoms with Crippen LogP contribution in [0.2, 0.25) is 65.5 Å². The Morgan fingerprint density at radius 2 is 0.795 bits per heavy atom. The summed E-state index contributed by atoms with van der Waals surface area (Å²) in [6, 6.07) is 15.5. The first kappa shape index (κ1) is 34.1. The van der Waals surface area contributed by atoms with Gasteiger partial charge in [0.1, 0.15) is 11.2 Å². The van der Waals surface area contributed by atoms with Crippen molar-refractivity contribution in [3.63, 3.8) is 0 Å². The maximum absolute atomic E-state index is 13.3. The van der Waals surface area contributed by atoms with Gasteiger partial charge in [0.15, 0.2) is 27.2 Å². The molecule has 0 heterocycles. The second-order valence-electron chi connectivity index (χ2n) is 14.6. The molecule has 2 rings (SSSR count). The third-order valence-corrected chi connectivity index (χ3v) is 40.8. The van der Waals surface area contributed by atoms with Gasteiger partial charge >= 0.3 is 0 Å². The van der Waals surface area contributed by atoms with Crippen molar-refractivity contribution >= 4 is 54.2 Å². The van der Waals surface area contributed by atoms with Crippen LogP contribution in [0.5, 0.6) is 0 Å². The molecule has 0 saturated carbocycles. The molecule has 216 valence electrons. The lowest BCUT2D eigenvalue weighted by Crippen LogP contribution is -2.59. The van der Waals surface area contributed by atoms with E-state index in [1.54, 1.807) is 11.8 Å². The SMILES string of the molecule is CC(C)(O[Si](C)(C)[Si](C)(C)C)C(=O)c1ccc(Sc2ccc(C(=O)C(C)(C)O[Si](C)(C)[Si](C)(C)C)cc2)cc1. The van der Waals surface area contributed by atoms with Crippen molar-refractivity contribution in [3.8, 4) is 0 Å². The van der Waals surface area contributed by atoms with Crippen molar-refractivity contribution in [3.05, 3.63) is 59.7 Å². The van der Waals surface area contributed by atoms with E-state index in [2.05, 4.69) is 65.5 Å². The molecule has 4 nitrogen and oxygen atoms in total. The zero-order valence-corrected chi connectivity index (χ0v) is 31.5. The topological polar surface area (TPSA) is 52.6 Å². The Bertz CT molecular complexity index is 1080. The molecule has 2 aromatic rings. The van der Waals surface area contributed by atoms with E-state index in [1.807, 2.05) is 76.2 Å². The smallest absolute Gasteiger partial charge is 0.192 e. The summed E-state index contributed by atoms with van der Waals surface area (Å²) >= 11 is 1.61. The van der Waals surface area contributed by atoms with Crippen LogP contribution in [0.25, 0.3) is 0 Å². The summed E-state index contributed by atoms with van der Waals surface area (Å²) in [6.45, 7) is 30.4. The molecule has 0 bridgehead atoms. The van der Waals surface area contributed by atoms with Crippen LogP contribution < -0.4 is 0 Å². The van der Waals surface area contributed by atoms with Crippen LogP contribution in [0, 0.1) is 0 Å². The summed E-state index contributed by atoms with van der Waals surface area (Å²) in [5.74, 6) is 0.0388. The quantitative estimate of drug-likeness (QED) is 0.175. The molecule has 2 aromatic carbocycles. The van der Waals surface area contributed by atoms with Gasteiger partial charge in [-0.3, -0.25) is 9.59 Å². The van der Waals surface area contributed by atoms with Crippen molar-refractivity contribution in [2.24, 2.45) is 0 Å². The van der Waals surface area contributed by atoms with Crippen LogP contribution in [-0.4, -0.2) is 53.6 Å². The van der Waals surface area contributed by atoms with Gasteiger partial charge in [0, 0.05) is 20.9 Å². The summed E-state index contributed by atoms with van der Waals surface area (Å²) in [4.78, 5) is 28.7. The molecule has 0 fully saturated rings.